The minimum absolute atomic E-state index is 0.0916. The topological polar surface area (TPSA) is 117 Å². The number of nitrogens with one attached hydrogen (secondary N) is 1. The fraction of sp³-hybridized carbons (Fsp3) is 0.348. The maximum atomic E-state index is 13.1. The summed E-state index contributed by atoms with van der Waals surface area (Å²) in [4.78, 5) is 50.1. The van der Waals surface area contributed by atoms with Crippen molar-refractivity contribution in [3.63, 3.8) is 0 Å². The second kappa shape index (κ2) is 10.4. The van der Waals surface area contributed by atoms with Gasteiger partial charge in [-0.25, -0.2) is 4.79 Å². The Morgan fingerprint density at radius 3 is 2.67 bits per heavy atom. The number of carboxylic acid groups (broad SMARTS) is 1. The van der Waals surface area contributed by atoms with Crippen LogP contribution in [0.1, 0.15) is 41.6 Å². The van der Waals surface area contributed by atoms with Crippen molar-refractivity contribution in [3.8, 4) is 0 Å². The van der Waals surface area contributed by atoms with Crippen LogP contribution in [-0.4, -0.2) is 47.4 Å². The summed E-state index contributed by atoms with van der Waals surface area (Å²) in [6.07, 6.45) is 4.60. The molecule has 0 aliphatic heterocycles. The molecule has 1 aromatic carbocycles. The zero-order valence-electron chi connectivity index (χ0n) is 18.1. The Balaban J connectivity index is 1.76. The Morgan fingerprint density at radius 1 is 1.21 bits per heavy atom. The van der Waals surface area contributed by atoms with E-state index in [1.165, 1.54) is 28.8 Å². The third-order valence-electron chi connectivity index (χ3n) is 5.68. The first-order chi connectivity index (χ1) is 15.8. The molecule has 174 valence electrons. The van der Waals surface area contributed by atoms with Gasteiger partial charge in [0.25, 0.3) is 12.6 Å². The average Bonchev–Trinajstić information content (AvgIpc) is 2.81. The summed E-state index contributed by atoms with van der Waals surface area (Å²) >= 11 is 6.42. The number of amides is 2. The van der Waals surface area contributed by atoms with Gasteiger partial charge in [0.2, 0.25) is 0 Å². The quantitative estimate of drug-likeness (QED) is 0.595. The van der Waals surface area contributed by atoms with Crippen LogP contribution in [0.5, 0.6) is 0 Å². The van der Waals surface area contributed by atoms with Crippen molar-refractivity contribution in [2.75, 3.05) is 13.6 Å². The van der Waals surface area contributed by atoms with Crippen LogP contribution in [-0.2, 0) is 26.6 Å². The summed E-state index contributed by atoms with van der Waals surface area (Å²) in [5, 5.41) is 11.4. The summed E-state index contributed by atoms with van der Waals surface area (Å²) in [7, 11) is 1.52. The Kier molecular flexibility index (Phi) is 7.65. The minimum atomic E-state index is -1.21. The zero-order valence-corrected chi connectivity index (χ0v) is 18.9. The molecule has 9 nitrogen and oxygen atoms in total. The molecule has 0 bridgehead atoms. The van der Waals surface area contributed by atoms with Crippen LogP contribution in [0.2, 0.25) is 5.02 Å². The molecular formula is C23H25ClN3O6+. The van der Waals surface area contributed by atoms with E-state index in [9.17, 15) is 19.2 Å². The number of nitrogens with zero attached hydrogens (tertiary/aromatic N) is 2. The molecular weight excluding hydrogens is 450 g/mol. The number of carboxylic acids is 1. The average molecular weight is 475 g/mol. The Labute approximate surface area is 195 Å². The molecule has 3 rings (SSSR count). The van der Waals surface area contributed by atoms with Crippen molar-refractivity contribution in [1.82, 2.24) is 10.2 Å². The van der Waals surface area contributed by atoms with Gasteiger partial charge < -0.3 is 15.2 Å². The Bertz CT molecular complexity index is 1080. The van der Waals surface area contributed by atoms with E-state index < -0.39 is 30.1 Å². The van der Waals surface area contributed by atoms with E-state index in [2.05, 4.69) is 5.32 Å². The van der Waals surface area contributed by atoms with Gasteiger partial charge in [0.05, 0.1) is 0 Å². The SMILES string of the molecule is CN(C(=O)OC[n+]1cccc(C(=O)NCC(=O)O)c1)C1(c2ccccc2Cl)CCCCC1=O. The van der Waals surface area contributed by atoms with Crippen LogP contribution >= 0.6 is 11.6 Å². The van der Waals surface area contributed by atoms with Gasteiger partial charge in [0, 0.05) is 30.1 Å². The van der Waals surface area contributed by atoms with Gasteiger partial charge in [-0.05, 0) is 31.4 Å². The summed E-state index contributed by atoms with van der Waals surface area (Å²) in [6, 6.07) is 10.1. The molecule has 2 aromatic rings. The number of pyridine rings is 1. The molecule has 1 atom stereocenters. The van der Waals surface area contributed by atoms with Crippen molar-refractivity contribution < 1.29 is 33.6 Å². The molecule has 0 spiro atoms. The number of hydrogen-bond donors (Lipinski definition) is 2. The molecule has 0 radical (unpaired) electrons. The van der Waals surface area contributed by atoms with E-state index in [1.54, 1.807) is 36.5 Å². The second-order valence-corrected chi connectivity index (χ2v) is 8.16. The van der Waals surface area contributed by atoms with Crippen LogP contribution in [0, 0.1) is 0 Å². The van der Waals surface area contributed by atoms with Crippen molar-refractivity contribution in [2.24, 2.45) is 0 Å². The molecule has 1 saturated carbocycles. The molecule has 1 aliphatic carbocycles. The fourth-order valence-corrected chi connectivity index (χ4v) is 4.30. The largest absolute Gasteiger partial charge is 0.480 e. The van der Waals surface area contributed by atoms with Gasteiger partial charge in [-0.15, -0.1) is 0 Å². The molecule has 1 heterocycles. The first kappa shape index (κ1) is 24.2. The van der Waals surface area contributed by atoms with Crippen molar-refractivity contribution in [3.05, 3.63) is 64.9 Å². The number of rotatable bonds is 7. The molecule has 1 unspecified atom stereocenters. The number of aliphatic carboxylic acids is 1. The lowest BCUT2D eigenvalue weighted by molar-refractivity contribution is -0.727. The van der Waals surface area contributed by atoms with Crippen LogP contribution in [0.4, 0.5) is 4.79 Å². The van der Waals surface area contributed by atoms with Crippen molar-refractivity contribution in [2.45, 2.75) is 38.0 Å². The van der Waals surface area contributed by atoms with Gasteiger partial charge in [-0.3, -0.25) is 19.3 Å². The van der Waals surface area contributed by atoms with E-state index in [0.717, 1.165) is 12.8 Å². The highest BCUT2D eigenvalue weighted by Gasteiger charge is 2.48. The molecule has 2 N–H and O–H groups in total. The van der Waals surface area contributed by atoms with E-state index in [1.807, 2.05) is 0 Å². The molecule has 33 heavy (non-hydrogen) atoms. The number of aromatic nitrogens is 1. The number of benzene rings is 1. The third kappa shape index (κ3) is 5.31. The van der Waals surface area contributed by atoms with Crippen LogP contribution < -0.4 is 9.88 Å². The second-order valence-electron chi connectivity index (χ2n) is 7.75. The van der Waals surface area contributed by atoms with Crippen LogP contribution in [0.25, 0.3) is 0 Å². The highest BCUT2D eigenvalue weighted by Crippen LogP contribution is 2.42. The van der Waals surface area contributed by atoms with Crippen LogP contribution in [0.15, 0.2) is 48.8 Å². The summed E-state index contributed by atoms with van der Waals surface area (Å²) in [5.74, 6) is -1.82. The number of likely N-dealkylation sites (N-methyl/N-ethyl adjacent to an activating group) is 1. The van der Waals surface area contributed by atoms with Gasteiger partial charge in [0.15, 0.2) is 18.2 Å². The molecule has 1 aromatic heterocycles. The van der Waals surface area contributed by atoms with E-state index in [0.29, 0.717) is 23.4 Å². The standard InChI is InChI=1S/C23H24ClN3O6/c1-26(23(11-5-4-10-19(23)28)17-8-2-3-9-18(17)24)22(32)33-15-27-12-6-7-16(14-27)21(31)25-13-20(29)30/h2-3,6-9,12,14H,4-5,10-11,13,15H2,1H3,(H-,25,29,30,31)/p+1. The number of ether oxygens (including phenoxy) is 1. The number of hydrogen-bond acceptors (Lipinski definition) is 5. The van der Waals surface area contributed by atoms with Crippen LogP contribution in [0.3, 0.4) is 0 Å². The van der Waals surface area contributed by atoms with Crippen molar-refractivity contribution in [1.29, 1.82) is 0 Å². The molecule has 0 saturated heterocycles. The van der Waals surface area contributed by atoms with E-state index in [-0.39, 0.29) is 18.1 Å². The summed E-state index contributed by atoms with van der Waals surface area (Å²) in [6.45, 7) is -0.721. The van der Waals surface area contributed by atoms with E-state index in [4.69, 9.17) is 21.4 Å². The van der Waals surface area contributed by atoms with Crippen molar-refractivity contribution >= 4 is 35.4 Å². The summed E-state index contributed by atoms with van der Waals surface area (Å²) < 4.78 is 6.90. The number of halogens is 1. The molecule has 10 heteroatoms. The first-order valence-corrected chi connectivity index (χ1v) is 10.8. The number of carbonyl (C=O) groups excluding carboxylic acids is 3. The number of carbonyl (C=O) groups is 4. The predicted molar refractivity (Wildman–Crippen MR) is 117 cm³/mol. The molecule has 1 fully saturated rings. The van der Waals surface area contributed by atoms with Gasteiger partial charge in [-0.1, -0.05) is 29.8 Å². The summed E-state index contributed by atoms with van der Waals surface area (Å²) in [5.41, 5.74) is -0.435. The van der Waals surface area contributed by atoms with Gasteiger partial charge in [0.1, 0.15) is 17.6 Å². The predicted octanol–water partition coefficient (Wildman–Crippen LogP) is 2.51. The lowest BCUT2D eigenvalue weighted by Crippen LogP contribution is -2.55. The minimum Gasteiger partial charge on any atom is -0.480 e. The fourth-order valence-electron chi connectivity index (χ4n) is 4.01. The molecule has 2 amide bonds. The van der Waals surface area contributed by atoms with E-state index >= 15 is 0 Å². The maximum absolute atomic E-state index is 13.1. The smallest absolute Gasteiger partial charge is 0.415 e. The lowest BCUT2D eigenvalue weighted by Gasteiger charge is -2.43. The third-order valence-corrected chi connectivity index (χ3v) is 6.01. The monoisotopic (exact) mass is 474 g/mol. The Hall–Kier alpha value is -3.46. The normalized spacial score (nSPS) is 17.8. The molecule has 1 aliphatic rings. The first-order valence-electron chi connectivity index (χ1n) is 10.4. The Morgan fingerprint density at radius 2 is 1.97 bits per heavy atom. The number of ketones is 1. The number of Topliss-reactive ketones (excluding diaryl/α,β-unsaturated/α-hetero) is 1. The van der Waals surface area contributed by atoms with Gasteiger partial charge >= 0.3 is 12.1 Å². The lowest BCUT2D eigenvalue weighted by atomic mass is 9.74. The highest BCUT2D eigenvalue weighted by molar-refractivity contribution is 6.31. The highest BCUT2D eigenvalue weighted by atomic mass is 35.5. The maximum Gasteiger partial charge on any atom is 0.415 e. The van der Waals surface area contributed by atoms with Gasteiger partial charge in [-0.2, -0.15) is 4.57 Å². The zero-order chi connectivity index (χ0) is 24.0.